The zero-order valence-corrected chi connectivity index (χ0v) is 14.5. The molecule has 0 N–H and O–H groups in total. The summed E-state index contributed by atoms with van der Waals surface area (Å²) in [4.78, 5) is 14.4. The normalized spacial score (nSPS) is 16.5. The number of nitrogens with zero attached hydrogens (tertiary/aromatic N) is 1. The van der Waals surface area contributed by atoms with Gasteiger partial charge < -0.3 is 9.64 Å². The molecule has 1 heterocycles. The summed E-state index contributed by atoms with van der Waals surface area (Å²) in [6.07, 6.45) is 2.37. The summed E-state index contributed by atoms with van der Waals surface area (Å²) in [6.45, 7) is 3.16. The van der Waals surface area contributed by atoms with Gasteiger partial charge in [0.1, 0.15) is 0 Å². The third kappa shape index (κ3) is 4.59. The first-order valence-electron chi connectivity index (χ1n) is 8.87. The predicted octanol–water partition coefficient (Wildman–Crippen LogP) is 4.07. The molecule has 1 atom stereocenters. The minimum Gasteiger partial charge on any atom is -0.478 e. The largest absolute Gasteiger partial charge is 0.478 e. The molecule has 0 spiro atoms. The van der Waals surface area contributed by atoms with Gasteiger partial charge in [-0.05, 0) is 49.8 Å². The minimum atomic E-state index is -0.678. The molecule has 4 heteroatoms. The fraction of sp³-hybridized carbons (Fsp3) is 0.381. The highest BCUT2D eigenvalue weighted by Gasteiger charge is 2.27. The van der Waals surface area contributed by atoms with Crippen LogP contribution in [0.15, 0.2) is 54.6 Å². The number of ether oxygens (including phenoxy) is 1. The van der Waals surface area contributed by atoms with Crippen molar-refractivity contribution >= 4 is 5.91 Å². The van der Waals surface area contributed by atoms with Gasteiger partial charge >= 0.3 is 0 Å². The Morgan fingerprint density at radius 2 is 1.76 bits per heavy atom. The summed E-state index contributed by atoms with van der Waals surface area (Å²) in [6, 6.07) is 16.7. The van der Waals surface area contributed by atoms with Gasteiger partial charge in [0.15, 0.2) is 17.7 Å². The number of benzene rings is 2. The van der Waals surface area contributed by atoms with E-state index in [9.17, 15) is 9.18 Å². The molecule has 1 aliphatic heterocycles. The molecule has 2 aromatic carbocycles. The Labute approximate surface area is 148 Å². The third-order valence-corrected chi connectivity index (χ3v) is 4.78. The molecule has 3 rings (SSSR count). The Kier molecular flexibility index (Phi) is 5.69. The van der Waals surface area contributed by atoms with Gasteiger partial charge in [0.2, 0.25) is 0 Å². The van der Waals surface area contributed by atoms with Gasteiger partial charge in [-0.15, -0.1) is 0 Å². The van der Waals surface area contributed by atoms with Gasteiger partial charge in [0.05, 0.1) is 0 Å². The van der Waals surface area contributed by atoms with Crippen molar-refractivity contribution in [3.63, 3.8) is 0 Å². The molecule has 1 saturated heterocycles. The predicted molar refractivity (Wildman–Crippen MR) is 95.9 cm³/mol. The summed E-state index contributed by atoms with van der Waals surface area (Å²) in [5.41, 5.74) is 1.35. The van der Waals surface area contributed by atoms with Gasteiger partial charge in [-0.25, -0.2) is 4.39 Å². The van der Waals surface area contributed by atoms with Crippen molar-refractivity contribution in [1.82, 2.24) is 4.90 Å². The molecule has 3 nitrogen and oxygen atoms in total. The summed E-state index contributed by atoms with van der Waals surface area (Å²) >= 11 is 0. The van der Waals surface area contributed by atoms with Crippen LogP contribution in [0.1, 0.15) is 25.3 Å². The van der Waals surface area contributed by atoms with E-state index < -0.39 is 11.9 Å². The van der Waals surface area contributed by atoms with Crippen LogP contribution in [0.3, 0.4) is 0 Å². The number of carbonyl (C=O) groups is 1. The molecular weight excluding hydrogens is 317 g/mol. The zero-order valence-electron chi connectivity index (χ0n) is 14.5. The molecular formula is C21H24FNO2. The maximum Gasteiger partial charge on any atom is 0.263 e. The van der Waals surface area contributed by atoms with Gasteiger partial charge in [-0.3, -0.25) is 4.79 Å². The quantitative estimate of drug-likeness (QED) is 0.820. The SMILES string of the molecule is CC(Oc1ccccc1F)C(=O)N1CCC(Cc2ccccc2)CC1. The fourth-order valence-corrected chi connectivity index (χ4v) is 3.34. The number of hydrogen-bond acceptors (Lipinski definition) is 2. The highest BCUT2D eigenvalue weighted by molar-refractivity contribution is 5.81. The van der Waals surface area contributed by atoms with Crippen LogP contribution in [0.25, 0.3) is 0 Å². The summed E-state index contributed by atoms with van der Waals surface area (Å²) in [5.74, 6) is 0.224. The van der Waals surface area contributed by atoms with E-state index in [4.69, 9.17) is 4.74 Å². The van der Waals surface area contributed by atoms with Crippen molar-refractivity contribution in [2.75, 3.05) is 13.1 Å². The number of carbonyl (C=O) groups excluding carboxylic acids is 1. The molecule has 0 bridgehead atoms. The average molecular weight is 341 g/mol. The molecule has 0 saturated carbocycles. The first kappa shape index (κ1) is 17.5. The van der Waals surface area contributed by atoms with Crippen LogP contribution >= 0.6 is 0 Å². The van der Waals surface area contributed by atoms with Crippen LogP contribution in [0, 0.1) is 11.7 Å². The summed E-state index contributed by atoms with van der Waals surface area (Å²) in [7, 11) is 0. The van der Waals surface area contributed by atoms with E-state index in [2.05, 4.69) is 24.3 Å². The van der Waals surface area contributed by atoms with E-state index in [1.165, 1.54) is 11.6 Å². The van der Waals surface area contributed by atoms with Crippen LogP contribution in [-0.4, -0.2) is 30.0 Å². The Hall–Kier alpha value is -2.36. The topological polar surface area (TPSA) is 29.5 Å². The number of piperidine rings is 1. The van der Waals surface area contributed by atoms with Crippen molar-refractivity contribution in [3.8, 4) is 5.75 Å². The smallest absolute Gasteiger partial charge is 0.263 e. The minimum absolute atomic E-state index is 0.0681. The number of hydrogen-bond donors (Lipinski definition) is 0. The Morgan fingerprint density at radius 3 is 2.44 bits per heavy atom. The van der Waals surface area contributed by atoms with Crippen molar-refractivity contribution in [2.24, 2.45) is 5.92 Å². The summed E-state index contributed by atoms with van der Waals surface area (Å²) < 4.78 is 19.2. The maximum atomic E-state index is 13.7. The second-order valence-corrected chi connectivity index (χ2v) is 6.65. The van der Waals surface area contributed by atoms with Crippen LogP contribution in [-0.2, 0) is 11.2 Å². The number of rotatable bonds is 5. The lowest BCUT2D eigenvalue weighted by Gasteiger charge is -2.33. The van der Waals surface area contributed by atoms with E-state index in [0.717, 1.165) is 32.4 Å². The Bertz CT molecular complexity index is 696. The van der Waals surface area contributed by atoms with Gasteiger partial charge in [-0.2, -0.15) is 0 Å². The molecule has 1 aliphatic rings. The second-order valence-electron chi connectivity index (χ2n) is 6.65. The number of likely N-dealkylation sites (tertiary alicyclic amines) is 1. The van der Waals surface area contributed by atoms with Crippen LogP contribution in [0.4, 0.5) is 4.39 Å². The first-order valence-corrected chi connectivity index (χ1v) is 8.87. The fourth-order valence-electron chi connectivity index (χ4n) is 3.34. The molecule has 2 aromatic rings. The number of para-hydroxylation sites is 1. The van der Waals surface area contributed by atoms with Gasteiger partial charge in [-0.1, -0.05) is 42.5 Å². The third-order valence-electron chi connectivity index (χ3n) is 4.78. The molecule has 25 heavy (non-hydrogen) atoms. The lowest BCUT2D eigenvalue weighted by molar-refractivity contribution is -0.139. The van der Waals surface area contributed by atoms with Crippen molar-refractivity contribution in [1.29, 1.82) is 0 Å². The number of halogens is 1. The molecule has 1 amide bonds. The van der Waals surface area contributed by atoms with E-state index in [1.54, 1.807) is 25.1 Å². The van der Waals surface area contributed by atoms with E-state index in [0.29, 0.717) is 5.92 Å². The van der Waals surface area contributed by atoms with E-state index in [1.807, 2.05) is 11.0 Å². The first-order chi connectivity index (χ1) is 12.1. The highest BCUT2D eigenvalue weighted by atomic mass is 19.1. The molecule has 0 aromatic heterocycles. The van der Waals surface area contributed by atoms with Crippen LogP contribution in [0.5, 0.6) is 5.75 Å². The Balaban J connectivity index is 1.50. The standard InChI is InChI=1S/C21H24FNO2/c1-16(25-20-10-6-5-9-19(20)22)21(24)23-13-11-18(12-14-23)15-17-7-3-2-4-8-17/h2-10,16,18H,11-15H2,1H3. The lowest BCUT2D eigenvalue weighted by atomic mass is 9.90. The monoisotopic (exact) mass is 341 g/mol. The second kappa shape index (κ2) is 8.15. The maximum absolute atomic E-state index is 13.7. The number of amides is 1. The molecule has 1 fully saturated rings. The summed E-state index contributed by atoms with van der Waals surface area (Å²) in [5, 5.41) is 0. The van der Waals surface area contributed by atoms with E-state index >= 15 is 0 Å². The molecule has 0 radical (unpaired) electrons. The molecule has 1 unspecified atom stereocenters. The van der Waals surface area contributed by atoms with Gasteiger partial charge in [0.25, 0.3) is 5.91 Å². The zero-order chi connectivity index (χ0) is 17.6. The average Bonchev–Trinajstić information content (AvgIpc) is 2.64. The van der Waals surface area contributed by atoms with Crippen LogP contribution in [0.2, 0.25) is 0 Å². The highest BCUT2D eigenvalue weighted by Crippen LogP contribution is 2.23. The lowest BCUT2D eigenvalue weighted by Crippen LogP contribution is -2.45. The van der Waals surface area contributed by atoms with Crippen molar-refractivity contribution < 1.29 is 13.9 Å². The van der Waals surface area contributed by atoms with Crippen molar-refractivity contribution in [2.45, 2.75) is 32.3 Å². The van der Waals surface area contributed by atoms with E-state index in [-0.39, 0.29) is 11.7 Å². The molecule has 132 valence electrons. The molecule has 0 aliphatic carbocycles. The van der Waals surface area contributed by atoms with Crippen molar-refractivity contribution in [3.05, 3.63) is 66.0 Å². The van der Waals surface area contributed by atoms with Gasteiger partial charge in [0, 0.05) is 13.1 Å². The van der Waals surface area contributed by atoms with Crippen LogP contribution < -0.4 is 4.74 Å². The Morgan fingerprint density at radius 1 is 1.12 bits per heavy atom.